The first-order chi connectivity index (χ1) is 12.4. The molecule has 0 saturated heterocycles. The molecule has 0 heterocycles. The van der Waals surface area contributed by atoms with Crippen LogP contribution in [-0.4, -0.2) is 24.6 Å². The monoisotopic (exact) mass is 355 g/mol. The smallest absolute Gasteiger partial charge is 0.310 e. The molecule has 0 bridgehead atoms. The highest BCUT2D eigenvalue weighted by Gasteiger charge is 2.18. The summed E-state index contributed by atoms with van der Waals surface area (Å²) in [6.07, 6.45) is -0.795. The summed E-state index contributed by atoms with van der Waals surface area (Å²) in [6, 6.07) is 13.3. The number of carbonyl (C=O) groups is 2. The molecule has 1 unspecified atom stereocenters. The van der Waals surface area contributed by atoms with Crippen LogP contribution in [0.5, 0.6) is 5.75 Å². The lowest BCUT2D eigenvalue weighted by molar-refractivity contribution is -0.153. The first-order valence-corrected chi connectivity index (χ1v) is 8.63. The molecule has 2 rings (SSSR count). The quantitative estimate of drug-likeness (QED) is 0.764. The Balaban J connectivity index is 1.78. The Kier molecular flexibility index (Phi) is 6.78. The first kappa shape index (κ1) is 19.5. The van der Waals surface area contributed by atoms with Crippen molar-refractivity contribution in [2.24, 2.45) is 0 Å². The fourth-order valence-electron chi connectivity index (χ4n) is 2.46. The molecule has 0 spiro atoms. The molecule has 5 heteroatoms. The van der Waals surface area contributed by atoms with Gasteiger partial charge in [0.15, 0.2) is 6.10 Å². The number of rotatable bonds is 7. The number of ether oxygens (including phenoxy) is 2. The van der Waals surface area contributed by atoms with Crippen LogP contribution in [0.3, 0.4) is 0 Å². The van der Waals surface area contributed by atoms with Gasteiger partial charge in [-0.3, -0.25) is 9.59 Å². The number of carbonyl (C=O) groups excluding carboxylic acids is 2. The molecular weight excluding hydrogens is 330 g/mol. The molecule has 26 heavy (non-hydrogen) atoms. The predicted octanol–water partition coefficient (Wildman–Crippen LogP) is 3.95. The molecular formula is C21H25NO4. The van der Waals surface area contributed by atoms with Crippen LogP contribution in [0.4, 0.5) is 5.69 Å². The highest BCUT2D eigenvalue weighted by atomic mass is 16.5. The Labute approximate surface area is 154 Å². The van der Waals surface area contributed by atoms with Gasteiger partial charge in [-0.1, -0.05) is 35.9 Å². The van der Waals surface area contributed by atoms with E-state index in [-0.39, 0.29) is 18.9 Å². The van der Waals surface area contributed by atoms with E-state index in [9.17, 15) is 9.59 Å². The van der Waals surface area contributed by atoms with Gasteiger partial charge in [0.05, 0.1) is 13.0 Å². The van der Waals surface area contributed by atoms with Crippen molar-refractivity contribution in [1.29, 1.82) is 0 Å². The number of hydrogen-bond acceptors (Lipinski definition) is 4. The maximum atomic E-state index is 12.2. The van der Waals surface area contributed by atoms with Crippen molar-refractivity contribution in [3.8, 4) is 5.75 Å². The van der Waals surface area contributed by atoms with E-state index in [1.165, 1.54) is 0 Å². The molecule has 1 atom stereocenters. The summed E-state index contributed by atoms with van der Waals surface area (Å²) in [5.74, 6) is -0.0899. The van der Waals surface area contributed by atoms with E-state index in [0.717, 1.165) is 22.4 Å². The molecule has 1 amide bonds. The highest BCUT2D eigenvalue weighted by Crippen LogP contribution is 2.17. The fraction of sp³-hybridized carbons (Fsp3) is 0.333. The number of anilines is 1. The van der Waals surface area contributed by atoms with Crippen molar-refractivity contribution in [3.05, 3.63) is 59.2 Å². The second-order valence-corrected chi connectivity index (χ2v) is 6.30. The predicted molar refractivity (Wildman–Crippen MR) is 101 cm³/mol. The van der Waals surface area contributed by atoms with Crippen LogP contribution in [0.25, 0.3) is 0 Å². The summed E-state index contributed by atoms with van der Waals surface area (Å²) in [4.78, 5) is 24.1. The molecule has 5 nitrogen and oxygen atoms in total. The van der Waals surface area contributed by atoms with Crippen LogP contribution in [0.15, 0.2) is 42.5 Å². The largest absolute Gasteiger partial charge is 0.493 e. The fourth-order valence-corrected chi connectivity index (χ4v) is 2.46. The topological polar surface area (TPSA) is 64.6 Å². The molecule has 0 radical (unpaired) electrons. The van der Waals surface area contributed by atoms with Crippen LogP contribution in [0.1, 0.15) is 30.0 Å². The molecule has 138 valence electrons. The van der Waals surface area contributed by atoms with Gasteiger partial charge in [-0.05, 0) is 51.0 Å². The van der Waals surface area contributed by atoms with Gasteiger partial charge in [0.2, 0.25) is 0 Å². The lowest BCUT2D eigenvalue weighted by Gasteiger charge is -2.15. The van der Waals surface area contributed by atoms with E-state index < -0.39 is 12.1 Å². The van der Waals surface area contributed by atoms with Gasteiger partial charge in [-0.15, -0.1) is 0 Å². The van der Waals surface area contributed by atoms with E-state index in [2.05, 4.69) is 5.32 Å². The minimum atomic E-state index is -0.873. The van der Waals surface area contributed by atoms with Gasteiger partial charge in [0.1, 0.15) is 5.75 Å². The van der Waals surface area contributed by atoms with Crippen LogP contribution in [0, 0.1) is 20.8 Å². The van der Waals surface area contributed by atoms with Crippen molar-refractivity contribution in [1.82, 2.24) is 0 Å². The number of aryl methyl sites for hydroxylation is 3. The Morgan fingerprint density at radius 1 is 1.04 bits per heavy atom. The number of benzene rings is 2. The molecule has 0 aliphatic carbocycles. The average Bonchev–Trinajstić information content (AvgIpc) is 2.59. The Bertz CT molecular complexity index is 785. The number of nitrogens with one attached hydrogen (secondary N) is 1. The summed E-state index contributed by atoms with van der Waals surface area (Å²) >= 11 is 0. The summed E-state index contributed by atoms with van der Waals surface area (Å²) in [6.45, 7) is 7.60. The third-order valence-electron chi connectivity index (χ3n) is 3.97. The van der Waals surface area contributed by atoms with Gasteiger partial charge < -0.3 is 14.8 Å². The third kappa shape index (κ3) is 5.62. The zero-order chi connectivity index (χ0) is 19.1. The average molecular weight is 355 g/mol. The zero-order valence-electron chi connectivity index (χ0n) is 15.7. The van der Waals surface area contributed by atoms with E-state index in [4.69, 9.17) is 9.47 Å². The lowest BCUT2D eigenvalue weighted by atomic mass is 10.1. The van der Waals surface area contributed by atoms with Crippen LogP contribution >= 0.6 is 0 Å². The van der Waals surface area contributed by atoms with Crippen molar-refractivity contribution in [2.45, 2.75) is 40.2 Å². The first-order valence-electron chi connectivity index (χ1n) is 8.63. The maximum Gasteiger partial charge on any atom is 0.310 e. The molecule has 2 aromatic rings. The van der Waals surface area contributed by atoms with Gasteiger partial charge in [-0.2, -0.15) is 0 Å². The molecule has 0 aliphatic heterocycles. The Morgan fingerprint density at radius 2 is 1.77 bits per heavy atom. The highest BCUT2D eigenvalue weighted by molar-refractivity contribution is 5.95. The van der Waals surface area contributed by atoms with Gasteiger partial charge in [-0.25, -0.2) is 0 Å². The third-order valence-corrected chi connectivity index (χ3v) is 3.97. The van der Waals surface area contributed by atoms with E-state index in [0.29, 0.717) is 5.69 Å². The van der Waals surface area contributed by atoms with Crippen molar-refractivity contribution in [3.63, 3.8) is 0 Å². The molecule has 0 aliphatic rings. The van der Waals surface area contributed by atoms with Gasteiger partial charge in [0.25, 0.3) is 5.91 Å². The van der Waals surface area contributed by atoms with E-state index in [1.54, 1.807) is 6.92 Å². The number of para-hydroxylation sites is 1. The zero-order valence-corrected chi connectivity index (χ0v) is 15.7. The van der Waals surface area contributed by atoms with Crippen molar-refractivity contribution in [2.75, 3.05) is 11.9 Å². The number of amides is 1. The number of esters is 1. The number of hydrogen-bond donors (Lipinski definition) is 1. The molecule has 0 saturated carbocycles. The Morgan fingerprint density at radius 3 is 2.46 bits per heavy atom. The van der Waals surface area contributed by atoms with Crippen LogP contribution in [-0.2, 0) is 14.3 Å². The van der Waals surface area contributed by atoms with Crippen molar-refractivity contribution < 1.29 is 19.1 Å². The summed E-state index contributed by atoms with van der Waals surface area (Å²) < 4.78 is 10.8. The van der Waals surface area contributed by atoms with Gasteiger partial charge in [0, 0.05) is 5.69 Å². The summed E-state index contributed by atoms with van der Waals surface area (Å²) in [7, 11) is 0. The lowest BCUT2D eigenvalue weighted by Crippen LogP contribution is -2.30. The normalized spacial score (nSPS) is 11.5. The maximum absolute atomic E-state index is 12.2. The van der Waals surface area contributed by atoms with Crippen LogP contribution < -0.4 is 10.1 Å². The molecule has 0 aromatic heterocycles. The standard InChI is InChI=1S/C21H25NO4/c1-14-9-10-18(16(3)13-14)22-21(24)17(4)26-20(23)11-12-25-19-8-6-5-7-15(19)2/h5-10,13,17H,11-12H2,1-4H3,(H,22,24). The summed E-state index contributed by atoms with van der Waals surface area (Å²) in [5, 5.41) is 2.78. The van der Waals surface area contributed by atoms with Crippen LogP contribution in [0.2, 0.25) is 0 Å². The molecule has 0 fully saturated rings. The summed E-state index contributed by atoms with van der Waals surface area (Å²) in [5.41, 5.74) is 3.80. The minimum Gasteiger partial charge on any atom is -0.493 e. The SMILES string of the molecule is Cc1ccc(NC(=O)C(C)OC(=O)CCOc2ccccc2C)c(C)c1. The van der Waals surface area contributed by atoms with E-state index in [1.807, 2.05) is 63.2 Å². The van der Waals surface area contributed by atoms with Crippen molar-refractivity contribution >= 4 is 17.6 Å². The second-order valence-electron chi connectivity index (χ2n) is 6.30. The molecule has 1 N–H and O–H groups in total. The minimum absolute atomic E-state index is 0.0789. The van der Waals surface area contributed by atoms with E-state index >= 15 is 0 Å². The Hall–Kier alpha value is -2.82. The molecule has 2 aromatic carbocycles. The van der Waals surface area contributed by atoms with Gasteiger partial charge >= 0.3 is 5.97 Å². The second kappa shape index (κ2) is 9.04.